The molecule has 0 unspecified atom stereocenters. The van der Waals surface area contributed by atoms with Gasteiger partial charge in [-0.05, 0) is 13.0 Å². The molecule has 0 aliphatic carbocycles. The summed E-state index contributed by atoms with van der Waals surface area (Å²) in [5, 5.41) is 10.6. The van der Waals surface area contributed by atoms with Crippen LogP contribution in [-0.4, -0.2) is 19.6 Å². The molecule has 0 saturated heterocycles. The van der Waals surface area contributed by atoms with E-state index in [-0.39, 0.29) is 0 Å². The van der Waals surface area contributed by atoms with Crippen molar-refractivity contribution in [2.45, 2.75) is 13.5 Å². The number of nitrogens with one attached hydrogen (secondary N) is 1. The first-order chi connectivity index (χ1) is 8.33. The van der Waals surface area contributed by atoms with Crippen molar-refractivity contribution in [2.75, 3.05) is 5.32 Å². The summed E-state index contributed by atoms with van der Waals surface area (Å²) < 4.78 is 1.79. The summed E-state index contributed by atoms with van der Waals surface area (Å²) in [4.78, 5) is 8.70. The first-order valence-corrected chi connectivity index (χ1v) is 6.14. The van der Waals surface area contributed by atoms with Crippen molar-refractivity contribution < 1.29 is 0 Å². The van der Waals surface area contributed by atoms with Gasteiger partial charge in [-0.2, -0.15) is 5.10 Å². The predicted molar refractivity (Wildman–Crippen MR) is 67.2 cm³/mol. The summed E-state index contributed by atoms with van der Waals surface area (Å²) in [6.07, 6.45) is 5.32. The third kappa shape index (κ3) is 1.99. The summed E-state index contributed by atoms with van der Waals surface area (Å²) in [5.74, 6) is 0.829. The SMILES string of the molecule is Cc1nc(CNc2nccn3nccc23)cs1. The largest absolute Gasteiger partial charge is 0.363 e. The molecule has 3 rings (SSSR count). The van der Waals surface area contributed by atoms with Crippen LogP contribution < -0.4 is 5.32 Å². The lowest BCUT2D eigenvalue weighted by Crippen LogP contribution is -2.03. The van der Waals surface area contributed by atoms with E-state index >= 15 is 0 Å². The number of hydrogen-bond acceptors (Lipinski definition) is 5. The molecule has 0 bridgehead atoms. The van der Waals surface area contributed by atoms with E-state index in [0.717, 1.165) is 22.0 Å². The molecular weight excluding hydrogens is 234 g/mol. The van der Waals surface area contributed by atoms with Crippen LogP contribution in [-0.2, 0) is 6.54 Å². The standard InChI is InChI=1S/C11H11N5S/c1-8-15-9(7-17-8)6-13-11-10-2-3-14-16(10)5-4-12-11/h2-5,7H,6H2,1H3,(H,12,13). The lowest BCUT2D eigenvalue weighted by atomic mass is 10.4. The average molecular weight is 245 g/mol. The molecule has 3 aromatic heterocycles. The molecule has 86 valence electrons. The highest BCUT2D eigenvalue weighted by atomic mass is 32.1. The van der Waals surface area contributed by atoms with E-state index in [0.29, 0.717) is 6.54 Å². The van der Waals surface area contributed by atoms with E-state index in [4.69, 9.17) is 0 Å². The predicted octanol–water partition coefficient (Wildman–Crippen LogP) is 2.11. The van der Waals surface area contributed by atoms with Crippen molar-refractivity contribution in [1.29, 1.82) is 0 Å². The molecule has 0 spiro atoms. The number of thiazole rings is 1. The van der Waals surface area contributed by atoms with Crippen molar-refractivity contribution in [3.8, 4) is 0 Å². The summed E-state index contributed by atoms with van der Waals surface area (Å²) >= 11 is 1.66. The number of aromatic nitrogens is 4. The average Bonchev–Trinajstić information content (AvgIpc) is 2.94. The molecule has 5 nitrogen and oxygen atoms in total. The minimum Gasteiger partial charge on any atom is -0.363 e. The zero-order chi connectivity index (χ0) is 11.7. The lowest BCUT2D eigenvalue weighted by Gasteiger charge is -2.04. The highest BCUT2D eigenvalue weighted by Gasteiger charge is 2.03. The maximum Gasteiger partial charge on any atom is 0.152 e. The van der Waals surface area contributed by atoms with Crippen LogP contribution in [0.1, 0.15) is 10.7 Å². The fourth-order valence-corrected chi connectivity index (χ4v) is 2.27. The first kappa shape index (κ1) is 10.2. The van der Waals surface area contributed by atoms with Gasteiger partial charge < -0.3 is 5.32 Å². The van der Waals surface area contributed by atoms with Gasteiger partial charge in [-0.15, -0.1) is 11.3 Å². The van der Waals surface area contributed by atoms with Gasteiger partial charge in [-0.25, -0.2) is 14.5 Å². The van der Waals surface area contributed by atoms with Crippen LogP contribution in [0.25, 0.3) is 5.52 Å². The number of anilines is 1. The molecular formula is C11H11N5S. The van der Waals surface area contributed by atoms with Gasteiger partial charge in [0, 0.05) is 17.8 Å². The molecule has 0 radical (unpaired) electrons. The van der Waals surface area contributed by atoms with Crippen LogP contribution >= 0.6 is 11.3 Å². The van der Waals surface area contributed by atoms with Crippen LogP contribution in [0.15, 0.2) is 30.0 Å². The summed E-state index contributed by atoms with van der Waals surface area (Å²) in [6, 6.07) is 1.93. The Labute approximate surface area is 102 Å². The Kier molecular flexibility index (Phi) is 2.49. The Hall–Kier alpha value is -1.95. The summed E-state index contributed by atoms with van der Waals surface area (Å²) in [7, 11) is 0. The van der Waals surface area contributed by atoms with E-state index in [2.05, 4.69) is 25.8 Å². The number of rotatable bonds is 3. The highest BCUT2D eigenvalue weighted by Crippen LogP contribution is 2.14. The van der Waals surface area contributed by atoms with Gasteiger partial charge in [0.1, 0.15) is 5.52 Å². The monoisotopic (exact) mass is 245 g/mol. The van der Waals surface area contributed by atoms with Crippen molar-refractivity contribution in [2.24, 2.45) is 0 Å². The third-order valence-corrected chi connectivity index (χ3v) is 3.25. The second-order valence-electron chi connectivity index (χ2n) is 3.65. The minimum absolute atomic E-state index is 0.683. The molecule has 3 aromatic rings. The van der Waals surface area contributed by atoms with Gasteiger partial charge in [0.2, 0.25) is 0 Å². The van der Waals surface area contributed by atoms with Gasteiger partial charge in [-0.1, -0.05) is 0 Å². The summed E-state index contributed by atoms with van der Waals surface area (Å²) in [6.45, 7) is 2.69. The molecule has 17 heavy (non-hydrogen) atoms. The molecule has 0 aromatic carbocycles. The van der Waals surface area contributed by atoms with Gasteiger partial charge in [-0.3, -0.25) is 0 Å². The summed E-state index contributed by atoms with van der Waals surface area (Å²) in [5.41, 5.74) is 2.01. The second kappa shape index (κ2) is 4.14. The van der Waals surface area contributed by atoms with Crippen molar-refractivity contribution in [3.63, 3.8) is 0 Å². The Morgan fingerprint density at radius 2 is 2.35 bits per heavy atom. The van der Waals surface area contributed by atoms with E-state index in [1.807, 2.05) is 19.2 Å². The number of hydrogen-bond donors (Lipinski definition) is 1. The molecule has 0 saturated carbocycles. The number of aryl methyl sites for hydroxylation is 1. The van der Waals surface area contributed by atoms with E-state index in [9.17, 15) is 0 Å². The maximum atomic E-state index is 4.40. The van der Waals surface area contributed by atoms with Crippen LogP contribution in [0.5, 0.6) is 0 Å². The number of nitrogens with zero attached hydrogens (tertiary/aromatic N) is 4. The molecule has 0 aliphatic heterocycles. The van der Waals surface area contributed by atoms with Crippen molar-refractivity contribution >= 4 is 22.7 Å². The van der Waals surface area contributed by atoms with Gasteiger partial charge >= 0.3 is 0 Å². The fourth-order valence-electron chi connectivity index (χ4n) is 1.66. The topological polar surface area (TPSA) is 55.1 Å². The highest BCUT2D eigenvalue weighted by molar-refractivity contribution is 7.09. The maximum absolute atomic E-state index is 4.40. The first-order valence-electron chi connectivity index (χ1n) is 5.26. The van der Waals surface area contributed by atoms with Gasteiger partial charge in [0.05, 0.1) is 23.4 Å². The molecule has 1 N–H and O–H groups in total. The van der Waals surface area contributed by atoms with Crippen molar-refractivity contribution in [1.82, 2.24) is 19.6 Å². The third-order valence-electron chi connectivity index (χ3n) is 2.43. The normalized spacial score (nSPS) is 10.9. The Morgan fingerprint density at radius 1 is 1.41 bits per heavy atom. The van der Waals surface area contributed by atoms with Crippen molar-refractivity contribution in [3.05, 3.63) is 40.7 Å². The fraction of sp³-hybridized carbons (Fsp3) is 0.182. The minimum atomic E-state index is 0.683. The second-order valence-corrected chi connectivity index (χ2v) is 4.71. The molecule has 0 fully saturated rings. The van der Waals surface area contributed by atoms with Crippen LogP contribution in [0, 0.1) is 6.92 Å². The molecule has 0 aliphatic rings. The van der Waals surface area contributed by atoms with E-state index in [1.165, 1.54) is 0 Å². The quantitative estimate of drug-likeness (QED) is 0.767. The van der Waals surface area contributed by atoms with Crippen LogP contribution in [0.3, 0.4) is 0 Å². The Balaban J connectivity index is 1.83. The molecule has 6 heteroatoms. The van der Waals surface area contributed by atoms with Crippen LogP contribution in [0.4, 0.5) is 5.82 Å². The van der Waals surface area contributed by atoms with Gasteiger partial charge in [0.25, 0.3) is 0 Å². The molecule has 0 amide bonds. The van der Waals surface area contributed by atoms with Crippen LogP contribution in [0.2, 0.25) is 0 Å². The smallest absolute Gasteiger partial charge is 0.152 e. The Morgan fingerprint density at radius 3 is 3.18 bits per heavy atom. The number of fused-ring (bicyclic) bond motifs is 1. The zero-order valence-electron chi connectivity index (χ0n) is 9.29. The Bertz CT molecular complexity index is 642. The van der Waals surface area contributed by atoms with E-state index < -0.39 is 0 Å². The van der Waals surface area contributed by atoms with E-state index in [1.54, 1.807) is 28.2 Å². The molecule has 0 atom stereocenters. The zero-order valence-corrected chi connectivity index (χ0v) is 10.1. The lowest BCUT2D eigenvalue weighted by molar-refractivity contribution is 0.939. The van der Waals surface area contributed by atoms with Gasteiger partial charge in [0.15, 0.2) is 5.82 Å². The molecule has 3 heterocycles.